The van der Waals surface area contributed by atoms with Crippen molar-refractivity contribution in [2.45, 2.75) is 43.3 Å². The fraction of sp³-hybridized carbons (Fsp3) is 0.316. The van der Waals surface area contributed by atoms with E-state index in [2.05, 4.69) is 19.2 Å². The molecule has 5 heteroatoms. The summed E-state index contributed by atoms with van der Waals surface area (Å²) in [5.74, 6) is -1.16. The summed E-state index contributed by atoms with van der Waals surface area (Å²) in [6, 6.07) is 11.1. The van der Waals surface area contributed by atoms with E-state index in [1.807, 2.05) is 24.3 Å². The van der Waals surface area contributed by atoms with Crippen LogP contribution in [0.4, 0.5) is 14.5 Å². The average molecular weight is 349 g/mol. The van der Waals surface area contributed by atoms with Crippen molar-refractivity contribution in [1.29, 1.82) is 0 Å². The smallest absolute Gasteiger partial charge is 0.237 e. The van der Waals surface area contributed by atoms with Crippen LogP contribution in [-0.4, -0.2) is 11.2 Å². The number of rotatable bonds is 6. The number of hydrogen-bond donors (Lipinski definition) is 1. The largest absolute Gasteiger partial charge is 0.325 e. The van der Waals surface area contributed by atoms with Gasteiger partial charge in [0.2, 0.25) is 5.91 Å². The number of thioether (sulfide) groups is 1. The van der Waals surface area contributed by atoms with E-state index in [9.17, 15) is 13.6 Å². The lowest BCUT2D eigenvalue weighted by molar-refractivity contribution is -0.115. The fourth-order valence-corrected chi connectivity index (χ4v) is 3.17. The molecule has 128 valence electrons. The average Bonchev–Trinajstić information content (AvgIpc) is 2.57. The summed E-state index contributed by atoms with van der Waals surface area (Å²) in [5, 5.41) is 2.42. The van der Waals surface area contributed by atoms with E-state index in [4.69, 9.17) is 0 Å². The van der Waals surface area contributed by atoms with Crippen molar-refractivity contribution in [2.75, 3.05) is 5.32 Å². The van der Waals surface area contributed by atoms with Crippen LogP contribution in [0.2, 0.25) is 0 Å². The monoisotopic (exact) mass is 349 g/mol. The molecular formula is C19H21F2NOS. The molecule has 1 amide bonds. The molecule has 2 rings (SSSR count). The van der Waals surface area contributed by atoms with Crippen LogP contribution < -0.4 is 5.32 Å². The molecule has 0 aliphatic heterocycles. The zero-order valence-electron chi connectivity index (χ0n) is 14.0. The molecular weight excluding hydrogens is 328 g/mol. The van der Waals surface area contributed by atoms with Gasteiger partial charge in [-0.15, -0.1) is 11.8 Å². The number of carbonyl (C=O) groups is 1. The first-order valence-corrected chi connectivity index (χ1v) is 8.81. The first-order valence-electron chi connectivity index (χ1n) is 7.93. The van der Waals surface area contributed by atoms with Gasteiger partial charge in [-0.25, -0.2) is 8.78 Å². The molecule has 0 fully saturated rings. The van der Waals surface area contributed by atoms with Crippen molar-refractivity contribution in [2.24, 2.45) is 0 Å². The highest BCUT2D eigenvalue weighted by Gasteiger charge is 2.18. The number of para-hydroxylation sites is 1. The first-order chi connectivity index (χ1) is 11.4. The van der Waals surface area contributed by atoms with E-state index < -0.39 is 16.9 Å². The standard InChI is InChI=1S/C19H21F2NOS/c1-4-12(2)15-7-5-6-8-17(15)22-19(23)13(3)24-18-10-9-14(20)11-16(18)21/h5-13H,4H2,1-3H3,(H,22,23)/t12-,13+/m1/s1. The van der Waals surface area contributed by atoms with Crippen molar-refractivity contribution < 1.29 is 13.6 Å². The third-order valence-corrected chi connectivity index (χ3v) is 5.08. The normalized spacial score (nSPS) is 13.4. The van der Waals surface area contributed by atoms with Crippen LogP contribution in [0, 0.1) is 11.6 Å². The Morgan fingerprint density at radius 3 is 2.54 bits per heavy atom. The Kier molecular flexibility index (Phi) is 6.37. The second kappa shape index (κ2) is 8.29. The zero-order chi connectivity index (χ0) is 17.7. The molecule has 0 heterocycles. The Morgan fingerprint density at radius 2 is 1.88 bits per heavy atom. The maximum atomic E-state index is 13.7. The van der Waals surface area contributed by atoms with Gasteiger partial charge in [-0.1, -0.05) is 32.0 Å². The lowest BCUT2D eigenvalue weighted by atomic mass is 9.97. The van der Waals surface area contributed by atoms with E-state index in [1.165, 1.54) is 12.1 Å². The molecule has 0 aromatic heterocycles. The lowest BCUT2D eigenvalue weighted by Crippen LogP contribution is -2.23. The Balaban J connectivity index is 2.09. The molecule has 0 unspecified atom stereocenters. The van der Waals surface area contributed by atoms with E-state index in [1.54, 1.807) is 6.92 Å². The third-order valence-electron chi connectivity index (χ3n) is 3.93. The van der Waals surface area contributed by atoms with Gasteiger partial charge in [0, 0.05) is 16.6 Å². The van der Waals surface area contributed by atoms with Crippen molar-refractivity contribution in [3.63, 3.8) is 0 Å². The molecule has 0 saturated heterocycles. The Bertz CT molecular complexity index is 720. The summed E-state index contributed by atoms with van der Waals surface area (Å²) in [4.78, 5) is 12.7. The minimum atomic E-state index is -0.653. The highest BCUT2D eigenvalue weighted by atomic mass is 32.2. The van der Waals surface area contributed by atoms with Crippen molar-refractivity contribution in [3.05, 3.63) is 59.7 Å². The van der Waals surface area contributed by atoms with Gasteiger partial charge in [0.25, 0.3) is 0 Å². The van der Waals surface area contributed by atoms with E-state index in [-0.39, 0.29) is 10.8 Å². The van der Waals surface area contributed by atoms with Crippen LogP contribution in [0.5, 0.6) is 0 Å². The van der Waals surface area contributed by atoms with Crippen LogP contribution in [0.1, 0.15) is 38.7 Å². The maximum absolute atomic E-state index is 13.7. The molecule has 1 N–H and O–H groups in total. The summed E-state index contributed by atoms with van der Waals surface area (Å²) in [6.07, 6.45) is 0.970. The van der Waals surface area contributed by atoms with Gasteiger partial charge in [-0.2, -0.15) is 0 Å². The number of nitrogens with one attached hydrogen (secondary N) is 1. The zero-order valence-corrected chi connectivity index (χ0v) is 14.8. The number of carbonyl (C=O) groups excluding carboxylic acids is 1. The van der Waals surface area contributed by atoms with Crippen molar-refractivity contribution in [3.8, 4) is 0 Å². The Hall–Kier alpha value is -1.88. The van der Waals surface area contributed by atoms with Gasteiger partial charge >= 0.3 is 0 Å². The molecule has 0 aliphatic rings. The van der Waals surface area contributed by atoms with Gasteiger partial charge in [-0.3, -0.25) is 4.79 Å². The lowest BCUT2D eigenvalue weighted by Gasteiger charge is -2.18. The third kappa shape index (κ3) is 4.57. The second-order valence-corrected chi connectivity index (χ2v) is 7.10. The van der Waals surface area contributed by atoms with Crippen LogP contribution >= 0.6 is 11.8 Å². The summed E-state index contributed by atoms with van der Waals surface area (Å²) in [6.45, 7) is 5.91. The number of hydrogen-bond acceptors (Lipinski definition) is 2. The van der Waals surface area contributed by atoms with Crippen LogP contribution in [0.25, 0.3) is 0 Å². The van der Waals surface area contributed by atoms with Gasteiger partial charge < -0.3 is 5.32 Å². The van der Waals surface area contributed by atoms with Gasteiger partial charge in [-0.05, 0) is 43.0 Å². The van der Waals surface area contributed by atoms with E-state index in [0.717, 1.165) is 35.5 Å². The topological polar surface area (TPSA) is 29.1 Å². The van der Waals surface area contributed by atoms with Crippen LogP contribution in [0.15, 0.2) is 47.4 Å². The van der Waals surface area contributed by atoms with Gasteiger partial charge in [0.15, 0.2) is 0 Å². The van der Waals surface area contributed by atoms with Gasteiger partial charge in [0.1, 0.15) is 11.6 Å². The Labute approximate surface area is 145 Å². The molecule has 2 aromatic carbocycles. The molecule has 0 saturated carbocycles. The predicted molar refractivity (Wildman–Crippen MR) is 95.5 cm³/mol. The molecule has 0 radical (unpaired) electrons. The molecule has 2 atom stereocenters. The molecule has 0 bridgehead atoms. The summed E-state index contributed by atoms with van der Waals surface area (Å²) < 4.78 is 26.7. The van der Waals surface area contributed by atoms with Crippen LogP contribution in [0.3, 0.4) is 0 Å². The summed E-state index contributed by atoms with van der Waals surface area (Å²) in [7, 11) is 0. The van der Waals surface area contributed by atoms with Crippen molar-refractivity contribution in [1.82, 2.24) is 0 Å². The summed E-state index contributed by atoms with van der Waals surface area (Å²) in [5.41, 5.74) is 1.86. The predicted octanol–water partition coefficient (Wildman–Crippen LogP) is 5.60. The highest BCUT2D eigenvalue weighted by Crippen LogP contribution is 2.29. The molecule has 2 nitrogen and oxygen atoms in total. The number of amides is 1. The molecule has 24 heavy (non-hydrogen) atoms. The quantitative estimate of drug-likeness (QED) is 0.688. The highest BCUT2D eigenvalue weighted by molar-refractivity contribution is 8.00. The fourth-order valence-electron chi connectivity index (χ4n) is 2.31. The summed E-state index contributed by atoms with van der Waals surface area (Å²) >= 11 is 1.07. The van der Waals surface area contributed by atoms with E-state index >= 15 is 0 Å². The number of anilines is 1. The maximum Gasteiger partial charge on any atom is 0.237 e. The van der Waals surface area contributed by atoms with Crippen molar-refractivity contribution >= 4 is 23.4 Å². The first kappa shape index (κ1) is 18.5. The van der Waals surface area contributed by atoms with E-state index in [0.29, 0.717) is 5.92 Å². The van der Waals surface area contributed by atoms with Gasteiger partial charge in [0.05, 0.1) is 5.25 Å². The number of benzene rings is 2. The minimum absolute atomic E-state index is 0.209. The molecule has 0 spiro atoms. The minimum Gasteiger partial charge on any atom is -0.325 e. The number of halogens is 2. The SMILES string of the molecule is CC[C@@H](C)c1ccccc1NC(=O)[C@H](C)Sc1ccc(F)cc1F. The second-order valence-electron chi connectivity index (χ2n) is 5.72. The van der Waals surface area contributed by atoms with Crippen LogP contribution in [-0.2, 0) is 4.79 Å². The molecule has 2 aromatic rings. The Morgan fingerprint density at radius 1 is 1.17 bits per heavy atom. The molecule has 0 aliphatic carbocycles.